The number of hydrogen-bond donors (Lipinski definition) is 1. The third kappa shape index (κ3) is 4.41. The monoisotopic (exact) mass is 111 g/mol. The van der Waals surface area contributed by atoms with Crippen molar-refractivity contribution in [2.24, 2.45) is 0 Å². The van der Waals surface area contributed by atoms with E-state index in [-0.39, 0.29) is 0 Å². The minimum absolute atomic E-state index is 0.944. The first-order valence-corrected chi connectivity index (χ1v) is 4.02. The molecule has 0 aliphatic heterocycles. The zero-order valence-corrected chi connectivity index (χ0v) is 4.42. The first kappa shape index (κ1) is 5.41. The molecular formula is CH4O2PS+. The van der Waals surface area contributed by atoms with Gasteiger partial charge in [-0.05, 0) is 4.57 Å². The highest BCUT2D eigenvalue weighted by Crippen LogP contribution is 2.28. The van der Waals surface area contributed by atoms with Crippen molar-refractivity contribution in [1.82, 2.24) is 0 Å². The fourth-order valence-electron chi connectivity index (χ4n) is 0. The van der Waals surface area contributed by atoms with Crippen LogP contribution in [0.5, 0.6) is 0 Å². The molecule has 1 unspecified atom stereocenters. The molecule has 0 spiro atoms. The van der Waals surface area contributed by atoms with Crippen molar-refractivity contribution in [3.05, 3.63) is 0 Å². The maximum Gasteiger partial charge on any atom is 0.582 e. The van der Waals surface area contributed by atoms with Gasteiger partial charge in [0.2, 0.25) is 0 Å². The van der Waals surface area contributed by atoms with Gasteiger partial charge in [-0.1, -0.05) is 0 Å². The Balaban J connectivity index is 2.85. The summed E-state index contributed by atoms with van der Waals surface area (Å²) in [4.78, 5) is 7.83. The first-order valence-electron chi connectivity index (χ1n) is 0.973. The molecule has 2 nitrogen and oxygen atoms in total. The largest absolute Gasteiger partial charge is 0.582 e. The lowest BCUT2D eigenvalue weighted by atomic mass is 12.0. The second kappa shape index (κ2) is 2.64. The van der Waals surface area contributed by atoms with E-state index < -0.39 is 7.23 Å². The van der Waals surface area contributed by atoms with Crippen molar-refractivity contribution in [3.63, 3.8) is 0 Å². The minimum atomic E-state index is -1.93. The fourth-order valence-corrected chi connectivity index (χ4v) is 0. The number of hydrogen-bond acceptors (Lipinski definition) is 2. The van der Waals surface area contributed by atoms with E-state index in [0.717, 1.165) is 11.4 Å². The molecule has 0 aliphatic carbocycles. The van der Waals surface area contributed by atoms with Gasteiger partial charge < -0.3 is 0 Å². The zero-order valence-electron chi connectivity index (χ0n) is 2.71. The Morgan fingerprint density at radius 2 is 2.20 bits per heavy atom. The molecule has 1 N–H and O–H groups in total. The SMILES string of the molecule is CS[P+](=O)O. The summed E-state index contributed by atoms with van der Waals surface area (Å²) in [7, 11) is -1.93. The first-order chi connectivity index (χ1) is 2.27. The van der Waals surface area contributed by atoms with Crippen LogP contribution in [0.25, 0.3) is 0 Å². The van der Waals surface area contributed by atoms with Crippen LogP contribution in [0.3, 0.4) is 0 Å². The predicted molar refractivity (Wildman–Crippen MR) is 23.3 cm³/mol. The van der Waals surface area contributed by atoms with Gasteiger partial charge >= 0.3 is 7.23 Å². The third-order valence-electron chi connectivity index (χ3n) is 0.156. The highest BCUT2D eigenvalue weighted by molar-refractivity contribution is 8.49. The third-order valence-corrected chi connectivity index (χ3v) is 1.41. The molecule has 0 heterocycles. The summed E-state index contributed by atoms with van der Waals surface area (Å²) >= 11 is 0.944. The molecule has 5 heavy (non-hydrogen) atoms. The average molecular weight is 111 g/mol. The van der Waals surface area contributed by atoms with E-state index in [1.54, 1.807) is 6.26 Å². The lowest BCUT2D eigenvalue weighted by molar-refractivity contribution is 0.519. The van der Waals surface area contributed by atoms with Gasteiger partial charge in [-0.3, -0.25) is 0 Å². The molecule has 0 fully saturated rings. The Morgan fingerprint density at radius 1 is 2.00 bits per heavy atom. The molecule has 0 radical (unpaired) electrons. The number of rotatable bonds is 1. The van der Waals surface area contributed by atoms with Gasteiger partial charge in [0, 0.05) is 6.26 Å². The molecule has 0 rings (SSSR count). The molecule has 0 bridgehead atoms. The normalized spacial score (nSPS) is 11.2. The zero-order chi connectivity index (χ0) is 4.28. The van der Waals surface area contributed by atoms with Gasteiger partial charge in [-0.25, -0.2) is 0 Å². The van der Waals surface area contributed by atoms with Crippen molar-refractivity contribution >= 4 is 18.6 Å². The molecular weight excluding hydrogens is 107 g/mol. The molecule has 0 saturated carbocycles. The Bertz CT molecular complexity index is 44.9. The second-order valence-electron chi connectivity index (χ2n) is 0.420. The fraction of sp³-hybridized carbons (Fsp3) is 1.00. The lowest BCUT2D eigenvalue weighted by Crippen LogP contribution is -1.36. The molecule has 0 aromatic heterocycles. The lowest BCUT2D eigenvalue weighted by Gasteiger charge is -1.50. The highest BCUT2D eigenvalue weighted by Gasteiger charge is 2.02. The van der Waals surface area contributed by atoms with Crippen LogP contribution in [0, 0.1) is 0 Å². The molecule has 0 amide bonds. The van der Waals surface area contributed by atoms with Crippen LogP contribution >= 0.6 is 18.6 Å². The van der Waals surface area contributed by atoms with Gasteiger partial charge in [0.15, 0.2) is 11.4 Å². The minimum Gasteiger partial charge on any atom is -0.151 e. The summed E-state index contributed by atoms with van der Waals surface area (Å²) in [6, 6.07) is 0. The summed E-state index contributed by atoms with van der Waals surface area (Å²) in [5.74, 6) is 0. The van der Waals surface area contributed by atoms with Crippen LogP contribution < -0.4 is 0 Å². The standard InChI is InChI=1S/CH3O2PS/c1-5-4(2)3/h1H3/p+1. The van der Waals surface area contributed by atoms with E-state index in [1.807, 2.05) is 0 Å². The molecule has 1 atom stereocenters. The van der Waals surface area contributed by atoms with Crippen LogP contribution in [0.15, 0.2) is 0 Å². The van der Waals surface area contributed by atoms with Crippen molar-refractivity contribution < 1.29 is 9.46 Å². The van der Waals surface area contributed by atoms with E-state index in [1.165, 1.54) is 0 Å². The highest BCUT2D eigenvalue weighted by atomic mass is 32.7. The molecule has 0 aromatic rings. The van der Waals surface area contributed by atoms with E-state index in [9.17, 15) is 4.57 Å². The van der Waals surface area contributed by atoms with Crippen molar-refractivity contribution in [3.8, 4) is 0 Å². The van der Waals surface area contributed by atoms with Crippen molar-refractivity contribution in [2.75, 3.05) is 6.26 Å². The van der Waals surface area contributed by atoms with Crippen LogP contribution in [-0.4, -0.2) is 11.1 Å². The van der Waals surface area contributed by atoms with E-state index in [2.05, 4.69) is 0 Å². The maximum atomic E-state index is 9.48. The summed E-state index contributed by atoms with van der Waals surface area (Å²) in [6.45, 7) is 0. The summed E-state index contributed by atoms with van der Waals surface area (Å²) in [5.41, 5.74) is 0. The smallest absolute Gasteiger partial charge is 0.151 e. The summed E-state index contributed by atoms with van der Waals surface area (Å²) in [5, 5.41) is 0. The van der Waals surface area contributed by atoms with Crippen LogP contribution in [0.1, 0.15) is 0 Å². The summed E-state index contributed by atoms with van der Waals surface area (Å²) in [6.07, 6.45) is 1.58. The topological polar surface area (TPSA) is 37.3 Å². The van der Waals surface area contributed by atoms with Crippen LogP contribution in [-0.2, 0) is 4.57 Å². The molecule has 4 heteroatoms. The summed E-state index contributed by atoms with van der Waals surface area (Å²) < 4.78 is 9.48. The van der Waals surface area contributed by atoms with Gasteiger partial charge in [0.1, 0.15) is 0 Å². The van der Waals surface area contributed by atoms with E-state index >= 15 is 0 Å². The Hall–Kier alpha value is 0.410. The van der Waals surface area contributed by atoms with Crippen molar-refractivity contribution in [2.45, 2.75) is 0 Å². The van der Waals surface area contributed by atoms with E-state index in [0.29, 0.717) is 0 Å². The Labute approximate surface area is 35.2 Å². The molecule has 30 valence electrons. The quantitative estimate of drug-likeness (QED) is 0.513. The molecule has 0 aliphatic rings. The van der Waals surface area contributed by atoms with Gasteiger partial charge in [-0.15, -0.1) is 0 Å². The second-order valence-corrected chi connectivity index (χ2v) is 3.29. The molecule has 0 saturated heterocycles. The maximum absolute atomic E-state index is 9.48. The van der Waals surface area contributed by atoms with E-state index in [4.69, 9.17) is 4.89 Å². The van der Waals surface area contributed by atoms with Gasteiger partial charge in [0.05, 0.1) is 0 Å². The van der Waals surface area contributed by atoms with Gasteiger partial charge in [0.25, 0.3) is 0 Å². The average Bonchev–Trinajstić information content (AvgIpc) is 1.38. The van der Waals surface area contributed by atoms with Crippen molar-refractivity contribution in [1.29, 1.82) is 0 Å². The predicted octanol–water partition coefficient (Wildman–Crippen LogP) is 0.999. The van der Waals surface area contributed by atoms with Crippen LogP contribution in [0.2, 0.25) is 0 Å². The molecule has 0 aromatic carbocycles. The Kier molecular flexibility index (Phi) is 2.85. The van der Waals surface area contributed by atoms with Crippen LogP contribution in [0.4, 0.5) is 0 Å². The van der Waals surface area contributed by atoms with Gasteiger partial charge in [-0.2, -0.15) is 4.89 Å². The Morgan fingerprint density at radius 3 is 2.20 bits per heavy atom.